The molecule has 104 valence electrons. The van der Waals surface area contributed by atoms with Gasteiger partial charge in [0.05, 0.1) is 12.7 Å². The van der Waals surface area contributed by atoms with Gasteiger partial charge in [-0.25, -0.2) is 4.39 Å². The van der Waals surface area contributed by atoms with E-state index in [0.29, 0.717) is 12.8 Å². The Balaban J connectivity index is 2.37. The number of ketones is 1. The van der Waals surface area contributed by atoms with Gasteiger partial charge in [0, 0.05) is 7.11 Å². The van der Waals surface area contributed by atoms with Crippen molar-refractivity contribution in [3.8, 4) is 5.75 Å². The van der Waals surface area contributed by atoms with E-state index in [-0.39, 0.29) is 17.1 Å². The first-order valence-electron chi connectivity index (χ1n) is 6.57. The first kappa shape index (κ1) is 14.0. The zero-order valence-electron chi connectivity index (χ0n) is 11.4. The standard InChI is InChI=1S/C15H19FO3/c1-18-12-8-6-7-11(13(12)16)14(17)15(19-2)9-4-3-5-10-15/h6-8H,3-5,9-10H2,1-2H3. The molecule has 1 aromatic carbocycles. The Kier molecular flexibility index (Phi) is 4.20. The number of carbonyl (C=O) groups is 1. The molecule has 0 unspecified atom stereocenters. The number of carbonyl (C=O) groups excluding carboxylic acids is 1. The second-order valence-corrected chi connectivity index (χ2v) is 4.91. The number of halogens is 1. The Morgan fingerprint density at radius 3 is 2.47 bits per heavy atom. The van der Waals surface area contributed by atoms with Crippen molar-refractivity contribution in [2.24, 2.45) is 0 Å². The summed E-state index contributed by atoms with van der Waals surface area (Å²) in [7, 11) is 2.92. The molecule has 0 N–H and O–H groups in total. The highest BCUT2D eigenvalue weighted by Crippen LogP contribution is 2.35. The molecule has 3 nitrogen and oxygen atoms in total. The Bertz CT molecular complexity index is 464. The van der Waals surface area contributed by atoms with Crippen molar-refractivity contribution >= 4 is 5.78 Å². The molecule has 0 aromatic heterocycles. The van der Waals surface area contributed by atoms with Crippen molar-refractivity contribution in [2.75, 3.05) is 14.2 Å². The van der Waals surface area contributed by atoms with Crippen LogP contribution in [-0.2, 0) is 4.74 Å². The van der Waals surface area contributed by atoms with Crippen LogP contribution in [0.25, 0.3) is 0 Å². The normalized spacial score (nSPS) is 18.1. The van der Waals surface area contributed by atoms with Gasteiger partial charge in [0.15, 0.2) is 17.3 Å². The molecule has 0 radical (unpaired) electrons. The Morgan fingerprint density at radius 1 is 1.21 bits per heavy atom. The third kappa shape index (κ3) is 2.50. The van der Waals surface area contributed by atoms with Crippen molar-refractivity contribution in [1.29, 1.82) is 0 Å². The third-order valence-corrected chi connectivity index (χ3v) is 3.89. The fraction of sp³-hybridized carbons (Fsp3) is 0.533. The van der Waals surface area contributed by atoms with Crippen LogP contribution in [0.2, 0.25) is 0 Å². The summed E-state index contributed by atoms with van der Waals surface area (Å²) in [6.45, 7) is 0. The molecule has 1 aliphatic rings. The van der Waals surface area contributed by atoms with E-state index in [1.54, 1.807) is 6.07 Å². The predicted octanol–water partition coefficient (Wildman–Crippen LogP) is 3.37. The molecular formula is C15H19FO3. The first-order valence-corrected chi connectivity index (χ1v) is 6.57. The Morgan fingerprint density at radius 2 is 1.89 bits per heavy atom. The molecule has 1 aromatic rings. The zero-order chi connectivity index (χ0) is 13.9. The van der Waals surface area contributed by atoms with Crippen molar-refractivity contribution in [1.82, 2.24) is 0 Å². The van der Waals surface area contributed by atoms with E-state index in [1.807, 2.05) is 0 Å². The van der Waals surface area contributed by atoms with Crippen LogP contribution in [0, 0.1) is 5.82 Å². The van der Waals surface area contributed by atoms with Gasteiger partial charge in [-0.15, -0.1) is 0 Å². The smallest absolute Gasteiger partial charge is 0.197 e. The lowest BCUT2D eigenvalue weighted by atomic mass is 9.79. The van der Waals surface area contributed by atoms with E-state index in [1.165, 1.54) is 26.4 Å². The van der Waals surface area contributed by atoms with Crippen molar-refractivity contribution in [3.05, 3.63) is 29.6 Å². The molecule has 0 heterocycles. The summed E-state index contributed by atoms with van der Waals surface area (Å²) in [4.78, 5) is 12.6. The number of ether oxygens (including phenoxy) is 2. The highest BCUT2D eigenvalue weighted by atomic mass is 19.1. The molecule has 0 saturated heterocycles. The van der Waals surface area contributed by atoms with Crippen molar-refractivity contribution in [2.45, 2.75) is 37.7 Å². The van der Waals surface area contributed by atoms with Crippen molar-refractivity contribution in [3.63, 3.8) is 0 Å². The topological polar surface area (TPSA) is 35.5 Å². The van der Waals surface area contributed by atoms with E-state index in [2.05, 4.69) is 0 Å². The highest BCUT2D eigenvalue weighted by Gasteiger charge is 2.41. The average molecular weight is 266 g/mol. The van der Waals surface area contributed by atoms with E-state index < -0.39 is 11.4 Å². The van der Waals surface area contributed by atoms with Crippen LogP contribution in [0.1, 0.15) is 42.5 Å². The summed E-state index contributed by atoms with van der Waals surface area (Å²) in [5.41, 5.74) is -0.811. The van der Waals surface area contributed by atoms with E-state index in [9.17, 15) is 9.18 Å². The van der Waals surface area contributed by atoms with Gasteiger partial charge in [-0.2, -0.15) is 0 Å². The van der Waals surface area contributed by atoms with E-state index >= 15 is 0 Å². The van der Waals surface area contributed by atoms with E-state index in [0.717, 1.165) is 19.3 Å². The summed E-state index contributed by atoms with van der Waals surface area (Å²) >= 11 is 0. The molecule has 1 fully saturated rings. The number of Topliss-reactive ketones (excluding diaryl/α,β-unsaturated/α-hetero) is 1. The van der Waals surface area contributed by atoms with Gasteiger partial charge in [0.1, 0.15) is 5.60 Å². The summed E-state index contributed by atoms with van der Waals surface area (Å²) in [6, 6.07) is 4.63. The molecule has 0 bridgehead atoms. The van der Waals surface area contributed by atoms with Gasteiger partial charge in [0.2, 0.25) is 0 Å². The number of hydrogen-bond donors (Lipinski definition) is 0. The molecular weight excluding hydrogens is 247 g/mol. The van der Waals surface area contributed by atoms with Crippen molar-refractivity contribution < 1.29 is 18.7 Å². The minimum absolute atomic E-state index is 0.0584. The maximum Gasteiger partial charge on any atom is 0.197 e. The number of benzene rings is 1. The second-order valence-electron chi connectivity index (χ2n) is 4.91. The summed E-state index contributed by atoms with van der Waals surface area (Å²) in [6.07, 6.45) is 4.27. The fourth-order valence-electron chi connectivity index (χ4n) is 2.74. The molecule has 0 aliphatic heterocycles. The molecule has 0 atom stereocenters. The molecule has 1 saturated carbocycles. The van der Waals surface area contributed by atoms with Crippen LogP contribution in [0.4, 0.5) is 4.39 Å². The molecule has 1 aliphatic carbocycles. The number of rotatable bonds is 4. The lowest BCUT2D eigenvalue weighted by Gasteiger charge is -2.34. The quantitative estimate of drug-likeness (QED) is 0.784. The molecule has 4 heteroatoms. The van der Waals surface area contributed by atoms with Gasteiger partial charge >= 0.3 is 0 Å². The Labute approximate surface area is 112 Å². The summed E-state index contributed by atoms with van der Waals surface area (Å²) < 4.78 is 24.6. The third-order valence-electron chi connectivity index (χ3n) is 3.89. The number of hydrogen-bond acceptors (Lipinski definition) is 3. The number of methoxy groups -OCH3 is 2. The minimum atomic E-state index is -0.870. The van der Waals surface area contributed by atoms with Crippen LogP contribution in [0.15, 0.2) is 18.2 Å². The highest BCUT2D eigenvalue weighted by molar-refractivity contribution is 6.03. The maximum atomic E-state index is 14.2. The molecule has 2 rings (SSSR count). The lowest BCUT2D eigenvalue weighted by molar-refractivity contribution is -0.0197. The monoisotopic (exact) mass is 266 g/mol. The molecule has 19 heavy (non-hydrogen) atoms. The first-order chi connectivity index (χ1) is 9.14. The maximum absolute atomic E-state index is 14.2. The van der Waals surface area contributed by atoms with Gasteiger partial charge < -0.3 is 9.47 Å². The van der Waals surface area contributed by atoms with Gasteiger partial charge in [-0.1, -0.05) is 25.3 Å². The SMILES string of the molecule is COc1cccc(C(=O)C2(OC)CCCCC2)c1F. The zero-order valence-corrected chi connectivity index (χ0v) is 11.4. The summed E-state index contributed by atoms with van der Waals surface area (Å²) in [5, 5.41) is 0. The largest absolute Gasteiger partial charge is 0.494 e. The van der Waals surface area contributed by atoms with Crippen LogP contribution in [-0.4, -0.2) is 25.6 Å². The Hall–Kier alpha value is -1.42. The molecule has 0 amide bonds. The van der Waals surface area contributed by atoms with Gasteiger partial charge in [-0.05, 0) is 25.0 Å². The van der Waals surface area contributed by atoms with Gasteiger partial charge in [0.25, 0.3) is 0 Å². The molecule has 0 spiro atoms. The second kappa shape index (κ2) is 5.70. The lowest BCUT2D eigenvalue weighted by Crippen LogP contribution is -2.43. The van der Waals surface area contributed by atoms with Crippen LogP contribution in [0.5, 0.6) is 5.75 Å². The van der Waals surface area contributed by atoms with Crippen LogP contribution >= 0.6 is 0 Å². The minimum Gasteiger partial charge on any atom is -0.494 e. The average Bonchev–Trinajstić information content (AvgIpc) is 2.47. The van der Waals surface area contributed by atoms with Gasteiger partial charge in [-0.3, -0.25) is 4.79 Å². The fourth-order valence-corrected chi connectivity index (χ4v) is 2.74. The predicted molar refractivity (Wildman–Crippen MR) is 70.1 cm³/mol. The van der Waals surface area contributed by atoms with E-state index in [4.69, 9.17) is 9.47 Å². The van der Waals surface area contributed by atoms with Crippen LogP contribution in [0.3, 0.4) is 0 Å². The summed E-state index contributed by atoms with van der Waals surface area (Å²) in [5.74, 6) is -0.781. The van der Waals surface area contributed by atoms with Crippen LogP contribution < -0.4 is 4.74 Å².